The van der Waals surface area contributed by atoms with Gasteiger partial charge in [-0.1, -0.05) is 54.9 Å². The number of hydrogen-bond donors (Lipinski definition) is 3. The molecule has 0 radical (unpaired) electrons. The molecule has 4 aliphatic carbocycles. The third-order valence-electron chi connectivity index (χ3n) is 9.99. The standard InChI is InChI=1S/C29H38N2O5/c1-28-14-12-20(31-36-17-25(33)30-26(27(34)35)18-6-4-3-5-7-18)16-19(28)8-9-21-22-10-11-24(32)29(22,2)15-13-23(21)28/h3-7,16,21-24,26,32H,8-15,17H2,1-2H3,(H,30,33)(H,34,35)/t21-,22-,23-,24-,26-,28-,29-/m0/s1. The molecule has 7 atom stereocenters. The van der Waals surface area contributed by atoms with E-state index in [1.807, 2.05) is 0 Å². The average Bonchev–Trinajstić information content (AvgIpc) is 3.17. The number of aliphatic hydroxyl groups is 1. The summed E-state index contributed by atoms with van der Waals surface area (Å²) in [4.78, 5) is 29.3. The Hall–Kier alpha value is -2.67. The highest BCUT2D eigenvalue weighted by Crippen LogP contribution is 2.65. The lowest BCUT2D eigenvalue weighted by atomic mass is 9.47. The lowest BCUT2D eigenvalue weighted by Crippen LogP contribution is -2.51. The van der Waals surface area contributed by atoms with Gasteiger partial charge in [0.1, 0.15) is 0 Å². The number of carboxylic acid groups (broad SMARTS) is 1. The number of fused-ring (bicyclic) bond motifs is 5. The molecule has 3 N–H and O–H groups in total. The summed E-state index contributed by atoms with van der Waals surface area (Å²) in [6.45, 7) is 4.41. The molecule has 0 aromatic heterocycles. The molecule has 7 heteroatoms. The minimum atomic E-state index is -1.12. The summed E-state index contributed by atoms with van der Waals surface area (Å²) >= 11 is 0. The number of hydrogen-bond acceptors (Lipinski definition) is 5. The Labute approximate surface area is 213 Å². The maximum absolute atomic E-state index is 12.3. The van der Waals surface area contributed by atoms with Crippen LogP contribution in [-0.4, -0.2) is 40.5 Å². The van der Waals surface area contributed by atoms with Crippen LogP contribution in [0.5, 0.6) is 0 Å². The number of rotatable bonds is 6. The van der Waals surface area contributed by atoms with E-state index in [1.54, 1.807) is 30.3 Å². The monoisotopic (exact) mass is 494 g/mol. The van der Waals surface area contributed by atoms with Gasteiger partial charge in [-0.25, -0.2) is 4.79 Å². The van der Waals surface area contributed by atoms with E-state index in [4.69, 9.17) is 4.84 Å². The van der Waals surface area contributed by atoms with E-state index in [1.165, 1.54) is 18.4 Å². The highest BCUT2D eigenvalue weighted by atomic mass is 16.6. The molecular formula is C29H38N2O5. The van der Waals surface area contributed by atoms with Crippen LogP contribution in [0.3, 0.4) is 0 Å². The number of allylic oxidation sites excluding steroid dienone is 2. The first-order valence-electron chi connectivity index (χ1n) is 13.4. The minimum absolute atomic E-state index is 0.0919. The van der Waals surface area contributed by atoms with Crippen molar-refractivity contribution in [3.63, 3.8) is 0 Å². The highest BCUT2D eigenvalue weighted by molar-refractivity contribution is 5.96. The number of benzene rings is 1. The van der Waals surface area contributed by atoms with E-state index >= 15 is 0 Å². The van der Waals surface area contributed by atoms with Crippen molar-refractivity contribution >= 4 is 17.6 Å². The van der Waals surface area contributed by atoms with Gasteiger partial charge in [-0.15, -0.1) is 0 Å². The van der Waals surface area contributed by atoms with E-state index < -0.39 is 17.9 Å². The van der Waals surface area contributed by atoms with E-state index in [2.05, 4.69) is 30.4 Å². The van der Waals surface area contributed by atoms with Crippen LogP contribution in [0, 0.1) is 28.6 Å². The van der Waals surface area contributed by atoms with Gasteiger partial charge in [-0.2, -0.15) is 0 Å². The van der Waals surface area contributed by atoms with Crippen LogP contribution in [-0.2, 0) is 14.4 Å². The summed E-state index contributed by atoms with van der Waals surface area (Å²) in [5.74, 6) is 0.330. The van der Waals surface area contributed by atoms with Crippen molar-refractivity contribution in [2.45, 2.75) is 77.4 Å². The summed E-state index contributed by atoms with van der Waals surface area (Å²) < 4.78 is 0. The summed E-state index contributed by atoms with van der Waals surface area (Å²) in [5, 5.41) is 26.9. The van der Waals surface area contributed by atoms with Gasteiger partial charge in [0.2, 0.25) is 0 Å². The topological polar surface area (TPSA) is 108 Å². The maximum atomic E-state index is 12.3. The zero-order valence-corrected chi connectivity index (χ0v) is 21.3. The highest BCUT2D eigenvalue weighted by Gasteiger charge is 2.58. The zero-order chi connectivity index (χ0) is 25.5. The quantitative estimate of drug-likeness (QED) is 0.500. The number of carbonyl (C=O) groups is 2. The van der Waals surface area contributed by atoms with Crippen molar-refractivity contribution in [1.82, 2.24) is 5.32 Å². The predicted octanol–water partition coefficient (Wildman–Crippen LogP) is 4.62. The molecule has 0 unspecified atom stereocenters. The van der Waals surface area contributed by atoms with E-state index in [0.29, 0.717) is 23.3 Å². The molecule has 0 saturated heterocycles. The fourth-order valence-corrected chi connectivity index (χ4v) is 7.93. The molecule has 1 amide bonds. The van der Waals surface area contributed by atoms with Gasteiger partial charge in [-0.3, -0.25) is 4.79 Å². The average molecular weight is 495 g/mol. The Bertz CT molecular complexity index is 1070. The van der Waals surface area contributed by atoms with E-state index in [0.717, 1.165) is 44.2 Å². The lowest BCUT2D eigenvalue weighted by Gasteiger charge is -2.57. The fourth-order valence-electron chi connectivity index (χ4n) is 7.93. The number of amides is 1. The van der Waals surface area contributed by atoms with Gasteiger partial charge < -0.3 is 20.4 Å². The molecule has 1 aromatic rings. The van der Waals surface area contributed by atoms with Gasteiger partial charge in [0.05, 0.1) is 11.8 Å². The molecule has 0 heterocycles. The third kappa shape index (κ3) is 4.36. The van der Waals surface area contributed by atoms with Crippen molar-refractivity contribution in [2.75, 3.05) is 6.61 Å². The molecule has 0 aliphatic heterocycles. The van der Waals surface area contributed by atoms with Gasteiger partial charge >= 0.3 is 5.97 Å². The zero-order valence-electron chi connectivity index (χ0n) is 21.3. The molecule has 0 spiro atoms. The number of nitrogens with zero attached hydrogens (tertiary/aromatic N) is 1. The van der Waals surface area contributed by atoms with E-state index in [9.17, 15) is 19.8 Å². The summed E-state index contributed by atoms with van der Waals surface area (Å²) in [6, 6.07) is 7.48. The number of nitrogens with one attached hydrogen (secondary N) is 1. The summed E-state index contributed by atoms with van der Waals surface area (Å²) in [6.07, 6.45) is 10.5. The van der Waals surface area contributed by atoms with Crippen molar-refractivity contribution in [1.29, 1.82) is 0 Å². The molecule has 0 bridgehead atoms. The predicted molar refractivity (Wildman–Crippen MR) is 136 cm³/mol. The number of aliphatic carboxylic acids is 1. The van der Waals surface area contributed by atoms with Gasteiger partial charge in [0.15, 0.2) is 12.6 Å². The van der Waals surface area contributed by atoms with Gasteiger partial charge in [-0.05, 0) is 91.6 Å². The fraction of sp³-hybridized carbons (Fsp3) is 0.621. The molecule has 3 fully saturated rings. The van der Waals surface area contributed by atoms with Crippen molar-refractivity contribution < 1.29 is 24.6 Å². The number of carbonyl (C=O) groups excluding carboxylic acids is 1. The Kier molecular flexibility index (Phi) is 6.70. The first-order chi connectivity index (χ1) is 17.2. The summed E-state index contributed by atoms with van der Waals surface area (Å²) in [7, 11) is 0. The van der Waals surface area contributed by atoms with Crippen LogP contribution < -0.4 is 5.32 Å². The third-order valence-corrected chi connectivity index (χ3v) is 9.99. The van der Waals surface area contributed by atoms with Crippen molar-refractivity contribution in [3.05, 3.63) is 47.5 Å². The smallest absolute Gasteiger partial charge is 0.330 e. The first-order valence-corrected chi connectivity index (χ1v) is 13.4. The van der Waals surface area contributed by atoms with Crippen LogP contribution in [0.2, 0.25) is 0 Å². The van der Waals surface area contributed by atoms with Crippen molar-refractivity contribution in [3.8, 4) is 0 Å². The van der Waals surface area contributed by atoms with Gasteiger partial charge in [0.25, 0.3) is 5.91 Å². The lowest BCUT2D eigenvalue weighted by molar-refractivity contribution is -0.142. The van der Waals surface area contributed by atoms with Crippen LogP contribution in [0.25, 0.3) is 0 Å². The Morgan fingerprint density at radius 2 is 1.86 bits per heavy atom. The molecule has 1 aromatic carbocycles. The van der Waals surface area contributed by atoms with Crippen LogP contribution in [0.1, 0.15) is 76.8 Å². The molecule has 4 aliphatic rings. The second-order valence-corrected chi connectivity index (χ2v) is 11.7. The number of oxime groups is 1. The van der Waals surface area contributed by atoms with Crippen molar-refractivity contribution in [2.24, 2.45) is 33.7 Å². The summed E-state index contributed by atoms with van der Waals surface area (Å²) in [5.41, 5.74) is 3.06. The molecule has 36 heavy (non-hydrogen) atoms. The second-order valence-electron chi connectivity index (χ2n) is 11.7. The molecule has 194 valence electrons. The van der Waals surface area contributed by atoms with Crippen LogP contribution in [0.4, 0.5) is 0 Å². The van der Waals surface area contributed by atoms with Crippen LogP contribution >= 0.6 is 0 Å². The second kappa shape index (κ2) is 9.66. The molecule has 7 nitrogen and oxygen atoms in total. The Morgan fingerprint density at radius 3 is 2.61 bits per heavy atom. The van der Waals surface area contributed by atoms with Crippen LogP contribution in [0.15, 0.2) is 47.1 Å². The molecule has 3 saturated carbocycles. The normalized spacial score (nSPS) is 37.2. The Balaban J connectivity index is 1.21. The SMILES string of the molecule is C[C@]12CC[C@H]3[C@@H](CCC4=CC(=NOCC(=O)N[C@H](C(=O)O)c5ccccc5)CC[C@@]43C)[C@@H]1CC[C@@H]2O. The minimum Gasteiger partial charge on any atom is -0.479 e. The maximum Gasteiger partial charge on any atom is 0.330 e. The molecule has 5 rings (SSSR count). The van der Waals surface area contributed by atoms with E-state index in [-0.39, 0.29) is 23.5 Å². The van der Waals surface area contributed by atoms with Gasteiger partial charge in [0, 0.05) is 0 Å². The number of aliphatic hydroxyl groups excluding tert-OH is 1. The molecular weight excluding hydrogens is 456 g/mol. The Morgan fingerprint density at radius 1 is 1.08 bits per heavy atom. The first kappa shape index (κ1) is 25.0. The largest absolute Gasteiger partial charge is 0.479 e. The number of carboxylic acids is 1.